The van der Waals surface area contributed by atoms with Gasteiger partial charge in [-0.3, -0.25) is 4.79 Å². The fraction of sp³-hybridized carbons (Fsp3) is 0.308. The van der Waals surface area contributed by atoms with Gasteiger partial charge in [-0.25, -0.2) is 9.59 Å². The number of amides is 1. The van der Waals surface area contributed by atoms with Crippen LogP contribution in [0.15, 0.2) is 18.2 Å². The SMILES string of the molecule is O=C(O)C(=O)Nc1cc(NCC2CC2)ccc1C(=O)O. The highest BCUT2D eigenvalue weighted by atomic mass is 16.4. The van der Waals surface area contributed by atoms with Gasteiger partial charge in [0.25, 0.3) is 0 Å². The molecule has 0 aromatic heterocycles. The van der Waals surface area contributed by atoms with E-state index in [2.05, 4.69) is 10.6 Å². The zero-order valence-corrected chi connectivity index (χ0v) is 10.5. The Morgan fingerprint density at radius 3 is 2.45 bits per heavy atom. The monoisotopic (exact) mass is 278 g/mol. The number of carboxylic acids is 2. The second kappa shape index (κ2) is 5.60. The molecule has 7 heteroatoms. The molecule has 1 amide bonds. The number of aliphatic carboxylic acids is 1. The molecule has 2 rings (SSSR count). The van der Waals surface area contributed by atoms with Crippen LogP contribution in [-0.2, 0) is 9.59 Å². The third-order valence-electron chi connectivity index (χ3n) is 2.98. The van der Waals surface area contributed by atoms with Gasteiger partial charge >= 0.3 is 17.8 Å². The summed E-state index contributed by atoms with van der Waals surface area (Å²) in [7, 11) is 0. The van der Waals surface area contributed by atoms with Gasteiger partial charge in [0, 0.05) is 12.2 Å². The number of hydrogen-bond acceptors (Lipinski definition) is 4. The Labute approximate surface area is 114 Å². The third-order valence-corrected chi connectivity index (χ3v) is 2.98. The van der Waals surface area contributed by atoms with E-state index in [-0.39, 0.29) is 11.3 Å². The van der Waals surface area contributed by atoms with E-state index >= 15 is 0 Å². The molecule has 1 fully saturated rings. The lowest BCUT2D eigenvalue weighted by atomic mass is 10.1. The average Bonchev–Trinajstić information content (AvgIpc) is 3.20. The van der Waals surface area contributed by atoms with E-state index in [1.54, 1.807) is 6.07 Å². The molecule has 0 atom stereocenters. The summed E-state index contributed by atoms with van der Waals surface area (Å²) in [6, 6.07) is 4.34. The van der Waals surface area contributed by atoms with Crippen molar-refractivity contribution in [2.75, 3.05) is 17.2 Å². The quantitative estimate of drug-likeness (QED) is 0.602. The molecule has 1 aromatic carbocycles. The van der Waals surface area contributed by atoms with Crippen LogP contribution in [0.5, 0.6) is 0 Å². The molecule has 20 heavy (non-hydrogen) atoms. The van der Waals surface area contributed by atoms with Crippen LogP contribution < -0.4 is 10.6 Å². The molecule has 0 unspecified atom stereocenters. The van der Waals surface area contributed by atoms with Gasteiger partial charge in [-0.2, -0.15) is 0 Å². The zero-order chi connectivity index (χ0) is 14.7. The van der Waals surface area contributed by atoms with E-state index in [1.165, 1.54) is 25.0 Å². The van der Waals surface area contributed by atoms with Crippen molar-refractivity contribution < 1.29 is 24.6 Å². The molecule has 0 saturated heterocycles. The van der Waals surface area contributed by atoms with Crippen LogP contribution in [0.25, 0.3) is 0 Å². The van der Waals surface area contributed by atoms with Crippen LogP contribution in [0.1, 0.15) is 23.2 Å². The van der Waals surface area contributed by atoms with Crippen LogP contribution >= 0.6 is 0 Å². The van der Waals surface area contributed by atoms with Gasteiger partial charge < -0.3 is 20.8 Å². The van der Waals surface area contributed by atoms with E-state index in [1.807, 2.05) is 0 Å². The maximum atomic E-state index is 11.2. The van der Waals surface area contributed by atoms with Gasteiger partial charge in [0.15, 0.2) is 0 Å². The minimum atomic E-state index is -1.67. The molecule has 0 radical (unpaired) electrons. The first-order valence-electron chi connectivity index (χ1n) is 6.13. The van der Waals surface area contributed by atoms with Crippen molar-refractivity contribution in [2.24, 2.45) is 5.92 Å². The van der Waals surface area contributed by atoms with Gasteiger partial charge in [0.05, 0.1) is 11.3 Å². The lowest BCUT2D eigenvalue weighted by Crippen LogP contribution is -2.23. The van der Waals surface area contributed by atoms with Crippen molar-refractivity contribution in [3.05, 3.63) is 23.8 Å². The number of aromatic carboxylic acids is 1. The van der Waals surface area contributed by atoms with E-state index in [4.69, 9.17) is 10.2 Å². The average molecular weight is 278 g/mol. The third kappa shape index (κ3) is 3.47. The fourth-order valence-electron chi connectivity index (χ4n) is 1.70. The van der Waals surface area contributed by atoms with Crippen molar-refractivity contribution in [3.8, 4) is 0 Å². The first-order valence-corrected chi connectivity index (χ1v) is 6.13. The number of carboxylic acid groups (broad SMARTS) is 2. The number of nitrogens with one attached hydrogen (secondary N) is 2. The lowest BCUT2D eigenvalue weighted by molar-refractivity contribution is -0.147. The summed E-state index contributed by atoms with van der Waals surface area (Å²) < 4.78 is 0. The number of anilines is 2. The first-order chi connectivity index (χ1) is 9.47. The smallest absolute Gasteiger partial charge is 0.394 e. The van der Waals surface area contributed by atoms with Gasteiger partial charge in [-0.05, 0) is 37.0 Å². The minimum Gasteiger partial charge on any atom is -0.478 e. The molecule has 0 bridgehead atoms. The highest BCUT2D eigenvalue weighted by molar-refractivity contribution is 6.36. The van der Waals surface area contributed by atoms with Crippen molar-refractivity contribution in [1.82, 2.24) is 0 Å². The molecule has 1 saturated carbocycles. The Hall–Kier alpha value is -2.57. The Morgan fingerprint density at radius 1 is 1.20 bits per heavy atom. The maximum Gasteiger partial charge on any atom is 0.394 e. The van der Waals surface area contributed by atoms with Gasteiger partial charge in [-0.1, -0.05) is 0 Å². The predicted octanol–water partition coefficient (Wildman–Crippen LogP) is 1.23. The van der Waals surface area contributed by atoms with Gasteiger partial charge in [0.1, 0.15) is 0 Å². The maximum absolute atomic E-state index is 11.2. The summed E-state index contributed by atoms with van der Waals surface area (Å²) >= 11 is 0. The number of benzene rings is 1. The summed E-state index contributed by atoms with van der Waals surface area (Å²) in [5.74, 6) is -3.55. The summed E-state index contributed by atoms with van der Waals surface area (Å²) in [6.07, 6.45) is 2.34. The summed E-state index contributed by atoms with van der Waals surface area (Å²) in [5.41, 5.74) is 0.449. The fourth-order valence-corrected chi connectivity index (χ4v) is 1.70. The molecular formula is C13H14N2O5. The molecular weight excluding hydrogens is 264 g/mol. The summed E-state index contributed by atoms with van der Waals surface area (Å²) in [4.78, 5) is 32.7. The van der Waals surface area contributed by atoms with Crippen molar-refractivity contribution in [3.63, 3.8) is 0 Å². The van der Waals surface area contributed by atoms with Gasteiger partial charge in [-0.15, -0.1) is 0 Å². The van der Waals surface area contributed by atoms with Crippen LogP contribution in [0.2, 0.25) is 0 Å². The predicted molar refractivity (Wildman–Crippen MR) is 70.9 cm³/mol. The van der Waals surface area contributed by atoms with Crippen LogP contribution in [-0.4, -0.2) is 34.6 Å². The van der Waals surface area contributed by atoms with Crippen LogP contribution in [0, 0.1) is 5.92 Å². The van der Waals surface area contributed by atoms with Crippen molar-refractivity contribution >= 4 is 29.2 Å². The second-order valence-electron chi connectivity index (χ2n) is 4.65. The molecule has 106 valence electrons. The molecule has 0 spiro atoms. The minimum absolute atomic E-state index is 0.0364. The van der Waals surface area contributed by atoms with E-state index < -0.39 is 17.8 Å². The summed E-state index contributed by atoms with van der Waals surface area (Å²) in [5, 5.41) is 22.8. The highest BCUT2D eigenvalue weighted by Gasteiger charge is 2.21. The molecule has 7 nitrogen and oxygen atoms in total. The van der Waals surface area contributed by atoms with Crippen molar-refractivity contribution in [1.29, 1.82) is 0 Å². The Kier molecular flexibility index (Phi) is 3.88. The summed E-state index contributed by atoms with van der Waals surface area (Å²) in [6.45, 7) is 0.777. The largest absolute Gasteiger partial charge is 0.478 e. The highest BCUT2D eigenvalue weighted by Crippen LogP contribution is 2.29. The Morgan fingerprint density at radius 2 is 1.90 bits per heavy atom. The first kappa shape index (κ1) is 13.9. The molecule has 4 N–H and O–H groups in total. The zero-order valence-electron chi connectivity index (χ0n) is 10.5. The molecule has 0 heterocycles. The Bertz CT molecular complexity index is 566. The molecule has 1 aliphatic carbocycles. The number of hydrogen-bond donors (Lipinski definition) is 4. The number of carbonyl (C=O) groups is 3. The van der Waals surface area contributed by atoms with Crippen LogP contribution in [0.3, 0.4) is 0 Å². The standard InChI is InChI=1S/C13H14N2O5/c16-11(13(19)20)15-10-5-8(14-6-7-1-2-7)3-4-9(10)12(17)18/h3-5,7,14H,1-2,6H2,(H,15,16)(H,17,18)(H,19,20). The van der Waals surface area contributed by atoms with Crippen LogP contribution in [0.4, 0.5) is 11.4 Å². The molecule has 1 aliphatic rings. The second-order valence-corrected chi connectivity index (χ2v) is 4.65. The normalized spacial score (nSPS) is 13.6. The molecule has 0 aliphatic heterocycles. The van der Waals surface area contributed by atoms with Gasteiger partial charge in [0.2, 0.25) is 0 Å². The topological polar surface area (TPSA) is 116 Å². The number of rotatable bonds is 5. The Balaban J connectivity index is 2.18. The van der Waals surface area contributed by atoms with E-state index in [0.717, 1.165) is 6.54 Å². The van der Waals surface area contributed by atoms with E-state index in [0.29, 0.717) is 11.6 Å². The van der Waals surface area contributed by atoms with Crippen molar-refractivity contribution in [2.45, 2.75) is 12.8 Å². The van der Waals surface area contributed by atoms with E-state index in [9.17, 15) is 14.4 Å². The lowest BCUT2D eigenvalue weighted by Gasteiger charge is -2.11. The molecule has 1 aromatic rings. The number of carbonyl (C=O) groups excluding carboxylic acids is 1.